The zero-order chi connectivity index (χ0) is 17.7. The first-order valence-corrected chi connectivity index (χ1v) is 8.52. The van der Waals surface area contributed by atoms with Crippen LogP contribution >= 0.6 is 69.6 Å². The summed E-state index contributed by atoms with van der Waals surface area (Å²) in [4.78, 5) is 0. The molecule has 0 saturated heterocycles. The van der Waals surface area contributed by atoms with Crippen LogP contribution < -0.4 is 10.9 Å². The second-order valence-corrected chi connectivity index (χ2v) is 6.68. The first-order chi connectivity index (χ1) is 11.4. The van der Waals surface area contributed by atoms with Crippen molar-refractivity contribution in [1.29, 1.82) is 0 Å². The predicted octanol–water partition coefficient (Wildman–Crippen LogP) is 6.93. The van der Waals surface area contributed by atoms with E-state index in [-0.39, 0.29) is 10.3 Å². The molecule has 0 atom stereocenters. The Morgan fingerprint density at radius 2 is 1.04 bits per heavy atom. The first kappa shape index (κ1) is 19.4. The van der Waals surface area contributed by atoms with Crippen molar-refractivity contribution in [3.05, 3.63) is 56.5 Å². The van der Waals surface area contributed by atoms with Crippen molar-refractivity contribution in [3.63, 3.8) is 0 Å². The number of hydrazone groups is 2. The molecule has 0 bridgehead atoms. The van der Waals surface area contributed by atoms with Gasteiger partial charge in [-0.05, 0) is 36.4 Å². The summed E-state index contributed by atoms with van der Waals surface area (Å²) in [5.74, 6) is 0. The minimum absolute atomic E-state index is 0.0831. The average molecular weight is 445 g/mol. The Balaban J connectivity index is 2.06. The molecule has 126 valence electrons. The fourth-order valence-corrected chi connectivity index (χ4v) is 2.54. The molecule has 0 aliphatic carbocycles. The van der Waals surface area contributed by atoms with E-state index in [1.165, 1.54) is 0 Å². The average Bonchev–Trinajstić information content (AvgIpc) is 2.52. The van der Waals surface area contributed by atoms with E-state index in [9.17, 15) is 0 Å². The fourth-order valence-electron chi connectivity index (χ4n) is 1.47. The van der Waals surface area contributed by atoms with E-state index in [1.807, 2.05) is 0 Å². The normalized spacial score (nSPS) is 12.2. The summed E-state index contributed by atoms with van der Waals surface area (Å²) in [6.45, 7) is 0. The third kappa shape index (κ3) is 5.59. The van der Waals surface area contributed by atoms with Crippen LogP contribution in [0.25, 0.3) is 0 Å². The molecule has 0 aliphatic rings. The Hall–Kier alpha value is -0.880. The van der Waals surface area contributed by atoms with Crippen LogP contribution in [0.4, 0.5) is 11.4 Å². The molecule has 2 rings (SSSR count). The lowest BCUT2D eigenvalue weighted by Crippen LogP contribution is -2.06. The molecule has 4 nitrogen and oxygen atoms in total. The first-order valence-electron chi connectivity index (χ1n) is 6.25. The van der Waals surface area contributed by atoms with Gasteiger partial charge in [0, 0.05) is 10.0 Å². The van der Waals surface area contributed by atoms with Crippen LogP contribution in [-0.4, -0.2) is 10.3 Å². The van der Waals surface area contributed by atoms with Crippen LogP contribution in [-0.2, 0) is 0 Å². The van der Waals surface area contributed by atoms with Crippen LogP contribution in [0.5, 0.6) is 0 Å². The van der Waals surface area contributed by atoms with Crippen molar-refractivity contribution in [3.8, 4) is 0 Å². The van der Waals surface area contributed by atoms with Crippen LogP contribution in [0.2, 0.25) is 20.1 Å². The van der Waals surface area contributed by atoms with Crippen molar-refractivity contribution in [1.82, 2.24) is 0 Å². The van der Waals surface area contributed by atoms with Crippen molar-refractivity contribution in [2.75, 3.05) is 10.9 Å². The van der Waals surface area contributed by atoms with Gasteiger partial charge >= 0.3 is 0 Å². The monoisotopic (exact) mass is 442 g/mol. The minimum atomic E-state index is -0.0831. The molecule has 0 heterocycles. The van der Waals surface area contributed by atoms with Gasteiger partial charge in [-0.25, -0.2) is 0 Å². The summed E-state index contributed by atoms with van der Waals surface area (Å²) < 4.78 is 0. The molecule has 0 unspecified atom stereocenters. The number of nitrogens with zero attached hydrogens (tertiary/aromatic N) is 2. The van der Waals surface area contributed by atoms with Gasteiger partial charge in [0.1, 0.15) is 0 Å². The molecule has 2 N–H and O–H groups in total. The van der Waals surface area contributed by atoms with Gasteiger partial charge in [0.05, 0.1) is 21.4 Å². The van der Waals surface area contributed by atoms with E-state index < -0.39 is 0 Å². The van der Waals surface area contributed by atoms with E-state index in [0.717, 1.165) is 0 Å². The molecule has 10 heteroatoms. The topological polar surface area (TPSA) is 48.8 Å². The van der Waals surface area contributed by atoms with Crippen LogP contribution in [0.1, 0.15) is 0 Å². The van der Waals surface area contributed by atoms with Gasteiger partial charge in [0.2, 0.25) is 0 Å². The van der Waals surface area contributed by atoms with Gasteiger partial charge < -0.3 is 0 Å². The zero-order valence-electron chi connectivity index (χ0n) is 11.6. The third-order valence-corrected chi connectivity index (χ3v) is 4.30. The van der Waals surface area contributed by atoms with Crippen LogP contribution in [0, 0.1) is 0 Å². The van der Waals surface area contributed by atoms with Gasteiger partial charge in [-0.2, -0.15) is 10.2 Å². The summed E-state index contributed by atoms with van der Waals surface area (Å²) in [7, 11) is 0. The van der Waals surface area contributed by atoms with E-state index in [2.05, 4.69) is 21.1 Å². The second-order valence-electron chi connectivity index (χ2n) is 4.28. The third-order valence-electron chi connectivity index (χ3n) is 2.58. The summed E-state index contributed by atoms with van der Waals surface area (Å²) in [6, 6.07) is 9.73. The smallest absolute Gasteiger partial charge is 0.188 e. The SMILES string of the molecule is ClC(=N\Nc1ccc(Cl)cc1Cl)/C(Cl)=N/Nc1ccc(Cl)cc1Cl. The van der Waals surface area contributed by atoms with Gasteiger partial charge in [0.25, 0.3) is 0 Å². The molecule has 0 saturated carbocycles. The highest BCUT2D eigenvalue weighted by atomic mass is 35.5. The molecule has 2 aromatic carbocycles. The molecule has 24 heavy (non-hydrogen) atoms. The zero-order valence-corrected chi connectivity index (χ0v) is 16.2. The summed E-state index contributed by atoms with van der Waals surface area (Å²) in [6.07, 6.45) is 0. The van der Waals surface area contributed by atoms with E-state index >= 15 is 0 Å². The molecule has 2 aromatic rings. The molecule has 0 aromatic heterocycles. The Labute approximate surface area is 168 Å². The Morgan fingerprint density at radius 1 is 0.667 bits per heavy atom. The van der Waals surface area contributed by atoms with E-state index in [4.69, 9.17) is 69.6 Å². The van der Waals surface area contributed by atoms with Crippen LogP contribution in [0.3, 0.4) is 0 Å². The summed E-state index contributed by atoms with van der Waals surface area (Å²) in [5.41, 5.74) is 6.36. The van der Waals surface area contributed by atoms with Crippen molar-refractivity contribution in [2.45, 2.75) is 0 Å². The lowest BCUT2D eigenvalue weighted by Gasteiger charge is -2.05. The molecule has 0 aliphatic heterocycles. The minimum Gasteiger partial charge on any atom is -0.275 e. The maximum absolute atomic E-state index is 6.00. The number of hydrogen-bond acceptors (Lipinski definition) is 4. The molecule has 0 radical (unpaired) electrons. The molecular formula is C14H8Cl6N4. The Morgan fingerprint density at radius 3 is 1.38 bits per heavy atom. The summed E-state index contributed by atoms with van der Waals surface area (Å²) >= 11 is 35.5. The molecule has 0 fully saturated rings. The van der Waals surface area contributed by atoms with E-state index in [1.54, 1.807) is 36.4 Å². The van der Waals surface area contributed by atoms with Gasteiger partial charge in [-0.3, -0.25) is 10.9 Å². The molecular weight excluding hydrogens is 437 g/mol. The Bertz CT molecular complexity index is 738. The number of halogens is 6. The number of anilines is 2. The van der Waals surface area contributed by atoms with Gasteiger partial charge in [0.15, 0.2) is 10.3 Å². The lowest BCUT2D eigenvalue weighted by molar-refractivity contribution is 1.34. The highest BCUT2D eigenvalue weighted by molar-refractivity contribution is 7.00. The highest BCUT2D eigenvalue weighted by Gasteiger charge is 2.06. The quantitative estimate of drug-likeness (QED) is 0.388. The van der Waals surface area contributed by atoms with Crippen molar-refractivity contribution >= 4 is 91.3 Å². The Kier molecular flexibility index (Phi) is 7.29. The maximum atomic E-state index is 6.00. The van der Waals surface area contributed by atoms with Crippen LogP contribution in [0.15, 0.2) is 46.6 Å². The number of nitrogens with one attached hydrogen (secondary N) is 2. The fraction of sp³-hybridized carbons (Fsp3) is 0. The highest BCUT2D eigenvalue weighted by Crippen LogP contribution is 2.26. The van der Waals surface area contributed by atoms with Crippen molar-refractivity contribution in [2.24, 2.45) is 10.2 Å². The standard InChI is InChI=1S/C14H8Cl6N4/c15-7-1-3-11(9(17)5-7)21-23-13(19)14(20)24-22-12-4-2-8(16)6-10(12)18/h1-6,21-22H/b23-13-,24-14-. The lowest BCUT2D eigenvalue weighted by atomic mass is 10.3. The number of benzene rings is 2. The largest absolute Gasteiger partial charge is 0.275 e. The molecule has 0 amide bonds. The van der Waals surface area contributed by atoms with Crippen molar-refractivity contribution < 1.29 is 0 Å². The second kappa shape index (κ2) is 8.99. The number of rotatable bonds is 5. The van der Waals surface area contributed by atoms with E-state index in [0.29, 0.717) is 31.5 Å². The number of hydrogen-bond donors (Lipinski definition) is 2. The van der Waals surface area contributed by atoms with Gasteiger partial charge in [-0.1, -0.05) is 69.6 Å². The van der Waals surface area contributed by atoms with Gasteiger partial charge in [-0.15, -0.1) is 0 Å². The molecule has 0 spiro atoms. The maximum Gasteiger partial charge on any atom is 0.188 e. The summed E-state index contributed by atoms with van der Waals surface area (Å²) in [5, 5.41) is 9.37. The predicted molar refractivity (Wildman–Crippen MR) is 107 cm³/mol.